The minimum atomic E-state index is -2.29. The Bertz CT molecular complexity index is 922. The minimum absolute atomic E-state index is 0.0572. The molecular weight excluding hydrogens is 350 g/mol. The maximum absolute atomic E-state index is 15.2. The quantitative estimate of drug-likeness (QED) is 0.432. The summed E-state index contributed by atoms with van der Waals surface area (Å²) in [5.41, 5.74) is 1.11. The molecule has 0 N–H and O–H groups in total. The summed E-state index contributed by atoms with van der Waals surface area (Å²) in [6, 6.07) is 8.07. The van der Waals surface area contributed by atoms with Gasteiger partial charge in [-0.2, -0.15) is 4.39 Å². The van der Waals surface area contributed by atoms with Gasteiger partial charge in [0.15, 0.2) is 17.0 Å². The predicted molar refractivity (Wildman–Crippen MR) is 105 cm³/mol. The van der Waals surface area contributed by atoms with Crippen LogP contribution in [0.3, 0.4) is 0 Å². The zero-order chi connectivity index (χ0) is 19.2. The van der Waals surface area contributed by atoms with E-state index in [4.69, 9.17) is 8.84 Å². The van der Waals surface area contributed by atoms with Crippen LogP contribution in [0, 0.1) is 11.6 Å². The molecule has 3 rings (SSSR count). The average Bonchev–Trinajstić information content (AvgIpc) is 2.94. The van der Waals surface area contributed by atoms with E-state index in [-0.39, 0.29) is 16.9 Å². The highest BCUT2D eigenvalue weighted by molar-refractivity contribution is 6.78. The molecular formula is C21H26F2O2Si-. The molecule has 5 heteroatoms. The van der Waals surface area contributed by atoms with E-state index in [1.165, 1.54) is 6.07 Å². The number of rotatable bonds is 5. The van der Waals surface area contributed by atoms with Crippen molar-refractivity contribution in [3.63, 3.8) is 0 Å². The first kappa shape index (κ1) is 18.9. The largest absolute Gasteiger partial charge is 0.686 e. The summed E-state index contributed by atoms with van der Waals surface area (Å²) in [7, 11) is -2.29. The summed E-state index contributed by atoms with van der Waals surface area (Å²) in [5.74, 6) is -0.826. The number of fused-ring (bicyclic) bond motifs is 3. The van der Waals surface area contributed by atoms with Gasteiger partial charge in [0.2, 0.25) is 5.82 Å². The van der Waals surface area contributed by atoms with Crippen molar-refractivity contribution >= 4 is 30.3 Å². The Hall–Kier alpha value is -1.88. The number of hydrogen-bond donors (Lipinski definition) is 0. The lowest BCUT2D eigenvalue weighted by Gasteiger charge is -2.54. The number of benzene rings is 2. The summed E-state index contributed by atoms with van der Waals surface area (Å²) < 4.78 is 41.2. The van der Waals surface area contributed by atoms with E-state index in [1.54, 1.807) is 24.3 Å². The van der Waals surface area contributed by atoms with Gasteiger partial charge in [-0.1, -0.05) is 53.7 Å². The Morgan fingerprint density at radius 3 is 1.96 bits per heavy atom. The molecule has 0 atom stereocenters. The molecule has 0 aliphatic heterocycles. The first-order valence-electron chi connectivity index (χ1n) is 9.18. The fourth-order valence-electron chi connectivity index (χ4n) is 4.40. The van der Waals surface area contributed by atoms with Crippen LogP contribution < -0.4 is 4.43 Å². The van der Waals surface area contributed by atoms with E-state index in [1.807, 2.05) is 0 Å². The number of para-hydroxylation sites is 1. The molecule has 0 saturated carbocycles. The highest BCUT2D eigenvalue weighted by atomic mass is 28.4. The van der Waals surface area contributed by atoms with Gasteiger partial charge in [0.1, 0.15) is 5.75 Å². The van der Waals surface area contributed by atoms with E-state index < -0.39 is 20.0 Å². The van der Waals surface area contributed by atoms with Crippen molar-refractivity contribution in [2.24, 2.45) is 0 Å². The highest BCUT2D eigenvalue weighted by Gasteiger charge is 2.35. The molecule has 0 aliphatic carbocycles. The van der Waals surface area contributed by atoms with E-state index in [0.717, 1.165) is 0 Å². The molecule has 0 bridgehead atoms. The molecule has 1 heterocycles. The topological polar surface area (TPSA) is 22.4 Å². The van der Waals surface area contributed by atoms with E-state index in [9.17, 15) is 4.39 Å². The summed E-state index contributed by atoms with van der Waals surface area (Å²) in [6.45, 7) is 12.9. The first-order valence-corrected chi connectivity index (χ1v) is 11.3. The van der Waals surface area contributed by atoms with Gasteiger partial charge in [-0.15, -0.1) is 16.6 Å². The molecule has 0 aliphatic rings. The van der Waals surface area contributed by atoms with Crippen LogP contribution in [0.5, 0.6) is 5.75 Å². The van der Waals surface area contributed by atoms with Crippen LogP contribution in [0.4, 0.5) is 8.78 Å². The van der Waals surface area contributed by atoms with E-state index >= 15 is 4.39 Å². The summed E-state index contributed by atoms with van der Waals surface area (Å²) in [5, 5.41) is 1.14. The zero-order valence-corrected chi connectivity index (χ0v) is 17.2. The Balaban J connectivity index is 2.18. The molecule has 2 aromatic carbocycles. The molecule has 2 nitrogen and oxygen atoms in total. The number of halogens is 2. The SMILES string of the molecule is CC(C)[Si-](Oc1ccc2c(oc3c(F)cccc32)c1F)(C(C)C)C(C)C. The van der Waals surface area contributed by atoms with Gasteiger partial charge in [0.05, 0.1) is 0 Å². The van der Waals surface area contributed by atoms with Crippen molar-refractivity contribution in [1.82, 2.24) is 0 Å². The van der Waals surface area contributed by atoms with Crippen LogP contribution in [0.2, 0.25) is 16.6 Å². The summed E-state index contributed by atoms with van der Waals surface area (Å²) in [6.07, 6.45) is 0. The van der Waals surface area contributed by atoms with Crippen LogP contribution in [-0.2, 0) is 0 Å². The van der Waals surface area contributed by atoms with Gasteiger partial charge in [0.25, 0.3) is 0 Å². The second kappa shape index (κ2) is 6.69. The van der Waals surface area contributed by atoms with E-state index in [2.05, 4.69) is 41.5 Å². The maximum Gasteiger partial charge on any atom is 0.203 e. The fraction of sp³-hybridized carbons (Fsp3) is 0.429. The Labute approximate surface area is 154 Å². The van der Waals surface area contributed by atoms with Crippen LogP contribution >= 0.6 is 0 Å². The van der Waals surface area contributed by atoms with Crippen molar-refractivity contribution in [3.8, 4) is 5.75 Å². The van der Waals surface area contributed by atoms with Gasteiger partial charge in [-0.3, -0.25) is 0 Å². The van der Waals surface area contributed by atoms with Crippen LogP contribution in [-0.4, -0.2) is 8.32 Å². The lowest BCUT2D eigenvalue weighted by molar-refractivity contribution is 0.443. The van der Waals surface area contributed by atoms with E-state index in [0.29, 0.717) is 27.4 Å². The van der Waals surface area contributed by atoms with Crippen LogP contribution in [0.15, 0.2) is 34.7 Å². The van der Waals surface area contributed by atoms with Crippen LogP contribution in [0.1, 0.15) is 41.5 Å². The third kappa shape index (κ3) is 2.73. The molecule has 0 radical (unpaired) electrons. The first-order chi connectivity index (χ1) is 12.2. The summed E-state index contributed by atoms with van der Waals surface area (Å²) >= 11 is 0. The van der Waals surface area contributed by atoms with Crippen LogP contribution in [0.25, 0.3) is 21.9 Å². The molecule has 1 aromatic heterocycles. The monoisotopic (exact) mass is 376 g/mol. The van der Waals surface area contributed by atoms with Crippen molar-refractivity contribution < 1.29 is 17.6 Å². The van der Waals surface area contributed by atoms with Gasteiger partial charge >= 0.3 is 0 Å². The zero-order valence-electron chi connectivity index (χ0n) is 16.2. The molecule has 0 spiro atoms. The number of furan rings is 1. The molecule has 26 heavy (non-hydrogen) atoms. The van der Waals surface area contributed by atoms with Crippen molar-refractivity contribution in [1.29, 1.82) is 0 Å². The van der Waals surface area contributed by atoms with Crippen molar-refractivity contribution in [3.05, 3.63) is 42.0 Å². The third-order valence-electron chi connectivity index (χ3n) is 5.52. The second-order valence-electron chi connectivity index (χ2n) is 7.89. The maximum atomic E-state index is 15.2. The predicted octanol–water partition coefficient (Wildman–Crippen LogP) is 7.42. The number of hydrogen-bond acceptors (Lipinski definition) is 2. The van der Waals surface area contributed by atoms with Crippen molar-refractivity contribution in [2.75, 3.05) is 0 Å². The molecule has 0 unspecified atom stereocenters. The van der Waals surface area contributed by atoms with Gasteiger partial charge in [0, 0.05) is 19.1 Å². The summed E-state index contributed by atoms with van der Waals surface area (Å²) in [4.78, 5) is 0. The second-order valence-corrected chi connectivity index (χ2v) is 13.3. The standard InChI is InChI=1S/C21H26F2O2Si/c1-12(2)26(13(3)4,14(5)6)25-18-11-10-16-15-8-7-9-17(22)20(15)24-21(16)19(18)23/h7-14H,1-6H3/q-1. The molecule has 0 amide bonds. The van der Waals surface area contributed by atoms with Gasteiger partial charge in [-0.05, 0) is 18.2 Å². The van der Waals surface area contributed by atoms with Crippen molar-refractivity contribution in [2.45, 2.75) is 58.2 Å². The normalized spacial score (nSPS) is 12.9. The lowest BCUT2D eigenvalue weighted by Crippen LogP contribution is -2.50. The third-order valence-corrected chi connectivity index (χ3v) is 11.5. The average molecular weight is 377 g/mol. The van der Waals surface area contributed by atoms with Gasteiger partial charge in [-0.25, -0.2) is 4.39 Å². The molecule has 3 aromatic rings. The lowest BCUT2D eigenvalue weighted by atomic mass is 10.1. The molecule has 141 valence electrons. The Kier molecular flexibility index (Phi) is 4.86. The Morgan fingerprint density at radius 2 is 1.38 bits per heavy atom. The Morgan fingerprint density at radius 1 is 0.808 bits per heavy atom. The fourth-order valence-corrected chi connectivity index (χ4v) is 9.65. The smallest absolute Gasteiger partial charge is 0.203 e. The molecule has 0 fully saturated rings. The highest BCUT2D eigenvalue weighted by Crippen LogP contribution is 2.44. The molecule has 0 saturated heterocycles. The minimum Gasteiger partial charge on any atom is -0.686 e. The van der Waals surface area contributed by atoms with Gasteiger partial charge < -0.3 is 8.84 Å².